The molecule has 1 aliphatic heterocycles. The standard InChI is InChI=1S/C16H33N3O2/c1-7-17-16(5,15(20)21-6)12-14(4)19-10-8-18(9-11-19)13(2)3/h13-14,17H,7-12H2,1-6H3. The highest BCUT2D eigenvalue weighted by molar-refractivity contribution is 5.80. The maximum absolute atomic E-state index is 12.1. The van der Waals surface area contributed by atoms with Gasteiger partial charge in [-0.25, -0.2) is 0 Å². The van der Waals surface area contributed by atoms with E-state index < -0.39 is 5.54 Å². The van der Waals surface area contributed by atoms with Crippen molar-refractivity contribution in [3.05, 3.63) is 0 Å². The fourth-order valence-corrected chi connectivity index (χ4v) is 3.26. The van der Waals surface area contributed by atoms with Gasteiger partial charge in [-0.05, 0) is 40.7 Å². The number of likely N-dealkylation sites (N-methyl/N-ethyl adjacent to an activating group) is 1. The fraction of sp³-hybridized carbons (Fsp3) is 0.938. The van der Waals surface area contributed by atoms with Crippen LogP contribution in [0.15, 0.2) is 0 Å². The van der Waals surface area contributed by atoms with Crippen LogP contribution in [0.25, 0.3) is 0 Å². The van der Waals surface area contributed by atoms with Gasteiger partial charge < -0.3 is 10.1 Å². The second-order valence-corrected chi connectivity index (χ2v) is 6.57. The first-order chi connectivity index (χ1) is 9.84. The molecule has 2 unspecified atom stereocenters. The molecular weight excluding hydrogens is 266 g/mol. The first-order valence-electron chi connectivity index (χ1n) is 8.15. The van der Waals surface area contributed by atoms with Crippen LogP contribution in [0.1, 0.15) is 41.0 Å². The lowest BCUT2D eigenvalue weighted by Crippen LogP contribution is -2.57. The summed E-state index contributed by atoms with van der Waals surface area (Å²) in [6.07, 6.45) is 0.773. The normalized spacial score (nSPS) is 22.0. The van der Waals surface area contributed by atoms with Crippen molar-refractivity contribution < 1.29 is 9.53 Å². The molecule has 0 bridgehead atoms. The molecule has 5 heteroatoms. The molecular formula is C16H33N3O2. The third-order valence-corrected chi connectivity index (χ3v) is 4.61. The molecule has 1 heterocycles. The Balaban J connectivity index is 2.58. The summed E-state index contributed by atoms with van der Waals surface area (Å²) in [4.78, 5) is 17.1. The lowest BCUT2D eigenvalue weighted by molar-refractivity contribution is -0.148. The molecule has 0 saturated carbocycles. The number of nitrogens with one attached hydrogen (secondary N) is 1. The summed E-state index contributed by atoms with van der Waals surface area (Å²) < 4.78 is 4.98. The molecule has 1 saturated heterocycles. The molecule has 0 radical (unpaired) electrons. The minimum Gasteiger partial charge on any atom is -0.468 e. The number of methoxy groups -OCH3 is 1. The van der Waals surface area contributed by atoms with E-state index in [2.05, 4.69) is 35.9 Å². The SMILES string of the molecule is CCNC(C)(CC(C)N1CCN(C(C)C)CC1)C(=O)OC. The Morgan fingerprint density at radius 2 is 1.71 bits per heavy atom. The van der Waals surface area contributed by atoms with E-state index in [0.717, 1.165) is 39.1 Å². The van der Waals surface area contributed by atoms with Crippen LogP contribution in [-0.2, 0) is 9.53 Å². The third kappa shape index (κ3) is 4.94. The summed E-state index contributed by atoms with van der Waals surface area (Å²) in [6.45, 7) is 15.8. The Hall–Kier alpha value is -0.650. The van der Waals surface area contributed by atoms with Gasteiger partial charge in [0.2, 0.25) is 0 Å². The zero-order valence-corrected chi connectivity index (χ0v) is 14.6. The number of hydrogen-bond acceptors (Lipinski definition) is 5. The molecule has 5 nitrogen and oxygen atoms in total. The largest absolute Gasteiger partial charge is 0.468 e. The fourth-order valence-electron chi connectivity index (χ4n) is 3.26. The zero-order chi connectivity index (χ0) is 16.0. The van der Waals surface area contributed by atoms with Gasteiger partial charge in [-0.3, -0.25) is 14.6 Å². The van der Waals surface area contributed by atoms with Crippen molar-refractivity contribution in [2.45, 2.75) is 58.7 Å². The van der Waals surface area contributed by atoms with Crippen LogP contribution in [-0.4, -0.2) is 73.2 Å². The lowest BCUT2D eigenvalue weighted by Gasteiger charge is -2.42. The summed E-state index contributed by atoms with van der Waals surface area (Å²) >= 11 is 0. The van der Waals surface area contributed by atoms with Crippen molar-refractivity contribution in [3.63, 3.8) is 0 Å². The van der Waals surface area contributed by atoms with E-state index in [9.17, 15) is 4.79 Å². The van der Waals surface area contributed by atoms with Crippen LogP contribution in [0, 0.1) is 0 Å². The first-order valence-corrected chi connectivity index (χ1v) is 8.15. The molecule has 1 rings (SSSR count). The van der Waals surface area contributed by atoms with Gasteiger partial charge in [0.1, 0.15) is 5.54 Å². The summed E-state index contributed by atoms with van der Waals surface area (Å²) in [7, 11) is 1.46. The number of carbonyl (C=O) groups excluding carboxylic acids is 1. The Labute approximate surface area is 130 Å². The van der Waals surface area contributed by atoms with Gasteiger partial charge in [0, 0.05) is 38.3 Å². The van der Waals surface area contributed by atoms with E-state index in [-0.39, 0.29) is 5.97 Å². The van der Waals surface area contributed by atoms with Gasteiger partial charge in [-0.15, -0.1) is 0 Å². The smallest absolute Gasteiger partial charge is 0.325 e. The van der Waals surface area contributed by atoms with Gasteiger partial charge >= 0.3 is 5.97 Å². The minimum atomic E-state index is -0.599. The average molecular weight is 299 g/mol. The van der Waals surface area contributed by atoms with Gasteiger partial charge in [0.15, 0.2) is 0 Å². The van der Waals surface area contributed by atoms with Crippen molar-refractivity contribution in [2.75, 3.05) is 39.8 Å². The Morgan fingerprint density at radius 1 is 1.19 bits per heavy atom. The number of esters is 1. The predicted octanol–water partition coefficient (Wildman–Crippen LogP) is 1.33. The van der Waals surface area contributed by atoms with E-state index in [1.807, 2.05) is 13.8 Å². The molecule has 0 aliphatic carbocycles. The maximum atomic E-state index is 12.1. The van der Waals surface area contributed by atoms with Crippen molar-refractivity contribution in [1.82, 2.24) is 15.1 Å². The quantitative estimate of drug-likeness (QED) is 0.719. The number of hydrogen-bond donors (Lipinski definition) is 1. The van der Waals surface area contributed by atoms with E-state index >= 15 is 0 Å². The second-order valence-electron chi connectivity index (χ2n) is 6.57. The maximum Gasteiger partial charge on any atom is 0.325 e. The minimum absolute atomic E-state index is 0.169. The van der Waals surface area contributed by atoms with Gasteiger partial charge in [0.25, 0.3) is 0 Å². The zero-order valence-electron chi connectivity index (χ0n) is 14.6. The Morgan fingerprint density at radius 3 is 2.14 bits per heavy atom. The van der Waals surface area contributed by atoms with E-state index in [0.29, 0.717) is 12.1 Å². The monoisotopic (exact) mass is 299 g/mol. The molecule has 21 heavy (non-hydrogen) atoms. The molecule has 2 atom stereocenters. The van der Waals surface area contributed by atoms with Crippen molar-refractivity contribution in [3.8, 4) is 0 Å². The highest BCUT2D eigenvalue weighted by atomic mass is 16.5. The molecule has 0 aromatic carbocycles. The summed E-state index contributed by atoms with van der Waals surface area (Å²) in [5, 5.41) is 3.30. The van der Waals surface area contributed by atoms with E-state index in [4.69, 9.17) is 4.74 Å². The highest BCUT2D eigenvalue weighted by Crippen LogP contribution is 2.19. The molecule has 124 valence electrons. The first kappa shape index (κ1) is 18.4. The average Bonchev–Trinajstić information content (AvgIpc) is 2.46. The molecule has 0 spiro atoms. The summed E-state index contributed by atoms with van der Waals surface area (Å²) in [5.41, 5.74) is -0.599. The molecule has 1 N–H and O–H groups in total. The van der Waals surface area contributed by atoms with Crippen LogP contribution in [0.2, 0.25) is 0 Å². The van der Waals surface area contributed by atoms with Crippen LogP contribution in [0.4, 0.5) is 0 Å². The Kier molecular flexibility index (Phi) is 7.10. The van der Waals surface area contributed by atoms with Crippen molar-refractivity contribution in [1.29, 1.82) is 0 Å². The summed E-state index contributed by atoms with van der Waals surface area (Å²) in [6, 6.07) is 0.979. The van der Waals surface area contributed by atoms with Crippen LogP contribution >= 0.6 is 0 Å². The van der Waals surface area contributed by atoms with Crippen molar-refractivity contribution >= 4 is 5.97 Å². The van der Waals surface area contributed by atoms with Gasteiger partial charge in [-0.2, -0.15) is 0 Å². The number of rotatable bonds is 7. The van der Waals surface area contributed by atoms with Crippen molar-refractivity contribution in [2.24, 2.45) is 0 Å². The molecule has 0 aromatic heterocycles. The molecule has 0 aromatic rings. The van der Waals surface area contributed by atoms with Crippen LogP contribution in [0.3, 0.4) is 0 Å². The third-order valence-electron chi connectivity index (χ3n) is 4.61. The highest BCUT2D eigenvalue weighted by Gasteiger charge is 2.36. The predicted molar refractivity (Wildman–Crippen MR) is 86.5 cm³/mol. The molecule has 1 fully saturated rings. The topological polar surface area (TPSA) is 44.8 Å². The number of nitrogens with zero attached hydrogens (tertiary/aromatic N) is 2. The summed E-state index contributed by atoms with van der Waals surface area (Å²) in [5.74, 6) is -0.169. The Bertz CT molecular complexity index is 327. The van der Waals surface area contributed by atoms with Crippen LogP contribution in [0.5, 0.6) is 0 Å². The second kappa shape index (κ2) is 8.11. The van der Waals surface area contributed by atoms with Crippen LogP contribution < -0.4 is 5.32 Å². The lowest BCUT2D eigenvalue weighted by atomic mass is 9.92. The number of carbonyl (C=O) groups is 1. The number of piperazine rings is 1. The van der Waals surface area contributed by atoms with Gasteiger partial charge in [0.05, 0.1) is 7.11 Å². The van der Waals surface area contributed by atoms with E-state index in [1.54, 1.807) is 0 Å². The van der Waals surface area contributed by atoms with Gasteiger partial charge in [-0.1, -0.05) is 6.92 Å². The molecule has 1 aliphatic rings. The number of ether oxygens (including phenoxy) is 1. The molecule has 0 amide bonds. The van der Waals surface area contributed by atoms with E-state index in [1.165, 1.54) is 7.11 Å².